The maximum absolute atomic E-state index is 5.74. The summed E-state index contributed by atoms with van der Waals surface area (Å²) in [4.78, 5) is 10.8. The Bertz CT molecular complexity index is 639. The minimum Gasteiger partial charge on any atom is -0.375 e. The fourth-order valence-electron chi connectivity index (χ4n) is 2.59. The molecule has 3 rings (SSSR count). The Morgan fingerprint density at radius 2 is 1.90 bits per heavy atom. The fraction of sp³-hybridized carbons (Fsp3) is 0.692. The van der Waals surface area contributed by atoms with E-state index in [0.717, 1.165) is 25.3 Å². The number of ether oxygens (including phenoxy) is 1. The summed E-state index contributed by atoms with van der Waals surface area (Å²) in [5, 5.41) is 11.0. The number of rotatable bonds is 3. The van der Waals surface area contributed by atoms with E-state index in [2.05, 4.69) is 44.1 Å². The smallest absolute Gasteiger partial charge is 0.245 e. The third kappa shape index (κ3) is 2.90. The van der Waals surface area contributed by atoms with Gasteiger partial charge in [0.25, 0.3) is 0 Å². The highest BCUT2D eigenvalue weighted by molar-refractivity contribution is 5.73. The molecule has 21 heavy (non-hydrogen) atoms. The van der Waals surface area contributed by atoms with Crippen LogP contribution in [0.3, 0.4) is 0 Å². The van der Waals surface area contributed by atoms with Crippen molar-refractivity contribution in [2.24, 2.45) is 0 Å². The van der Waals surface area contributed by atoms with Gasteiger partial charge >= 0.3 is 0 Å². The first kappa shape index (κ1) is 14.0. The number of fused-ring (bicyclic) bond motifs is 1. The molecule has 1 aliphatic rings. The van der Waals surface area contributed by atoms with Gasteiger partial charge < -0.3 is 15.0 Å². The second kappa shape index (κ2) is 5.10. The van der Waals surface area contributed by atoms with Gasteiger partial charge in [0.15, 0.2) is 11.6 Å². The number of anilines is 2. The molecule has 2 aromatic heterocycles. The molecule has 3 heterocycles. The van der Waals surface area contributed by atoms with E-state index in [9.17, 15) is 0 Å². The summed E-state index contributed by atoms with van der Waals surface area (Å²) >= 11 is 0. The summed E-state index contributed by atoms with van der Waals surface area (Å²) in [6.07, 6.45) is 1.85. The van der Waals surface area contributed by atoms with Gasteiger partial charge in [-0.25, -0.2) is 14.6 Å². The normalized spacial score (nSPS) is 21.4. The number of hydrogen-bond acceptors (Lipinski definition) is 8. The van der Waals surface area contributed by atoms with Gasteiger partial charge in [-0.1, -0.05) is 0 Å². The Labute approximate surface area is 122 Å². The van der Waals surface area contributed by atoms with Crippen molar-refractivity contribution in [3.05, 3.63) is 0 Å². The van der Waals surface area contributed by atoms with E-state index in [-0.39, 0.29) is 5.60 Å². The minimum atomic E-state index is -0.124. The molecule has 0 bridgehead atoms. The fourth-order valence-corrected chi connectivity index (χ4v) is 2.59. The maximum Gasteiger partial charge on any atom is 0.245 e. The zero-order chi connectivity index (χ0) is 15.0. The van der Waals surface area contributed by atoms with E-state index in [1.165, 1.54) is 0 Å². The molecule has 0 aromatic carbocycles. The molecule has 0 unspecified atom stereocenters. The monoisotopic (exact) mass is 292 g/mol. The molecule has 8 heteroatoms. The van der Waals surface area contributed by atoms with Gasteiger partial charge in [0, 0.05) is 26.7 Å². The SMILES string of the molecule is CN(C)c1nc2nonc2nc1N[C@@H]1CCOC(C)(C)C1. The number of nitrogens with one attached hydrogen (secondary N) is 1. The highest BCUT2D eigenvalue weighted by atomic mass is 16.6. The Morgan fingerprint density at radius 1 is 1.19 bits per heavy atom. The molecule has 114 valence electrons. The van der Waals surface area contributed by atoms with Crippen LogP contribution in [0, 0.1) is 0 Å². The van der Waals surface area contributed by atoms with Crippen LogP contribution in [0.4, 0.5) is 11.6 Å². The lowest BCUT2D eigenvalue weighted by Crippen LogP contribution is -2.40. The molecular weight excluding hydrogens is 272 g/mol. The standard InChI is InChI=1S/C13H20N6O2/c1-13(2)7-8(5-6-20-13)14-11-12(19(3)4)16-10-9(15-11)17-21-18-10/h8H,5-7H2,1-4H3,(H,14,15,17)/t8-/m1/s1. The molecule has 1 aliphatic heterocycles. The molecular formula is C13H20N6O2. The number of hydrogen-bond donors (Lipinski definition) is 1. The molecule has 0 radical (unpaired) electrons. The molecule has 1 N–H and O–H groups in total. The second-order valence-electron chi connectivity index (χ2n) is 6.14. The molecule has 0 spiro atoms. The topological polar surface area (TPSA) is 89.2 Å². The van der Waals surface area contributed by atoms with Gasteiger partial charge in [0.05, 0.1) is 5.60 Å². The van der Waals surface area contributed by atoms with Crippen LogP contribution in [0.2, 0.25) is 0 Å². The lowest BCUT2D eigenvalue weighted by atomic mass is 9.94. The first-order valence-electron chi connectivity index (χ1n) is 7.03. The zero-order valence-corrected chi connectivity index (χ0v) is 12.8. The van der Waals surface area contributed by atoms with Gasteiger partial charge in [-0.2, -0.15) is 0 Å². The van der Waals surface area contributed by atoms with E-state index in [0.29, 0.717) is 23.2 Å². The molecule has 1 saturated heterocycles. The summed E-state index contributed by atoms with van der Waals surface area (Å²) in [5.74, 6) is 1.42. The summed E-state index contributed by atoms with van der Waals surface area (Å²) in [6.45, 7) is 4.94. The third-order valence-electron chi connectivity index (χ3n) is 3.56. The van der Waals surface area contributed by atoms with Gasteiger partial charge in [-0.15, -0.1) is 0 Å². The van der Waals surface area contributed by atoms with Crippen LogP contribution in [0.25, 0.3) is 11.3 Å². The van der Waals surface area contributed by atoms with Crippen molar-refractivity contribution in [1.82, 2.24) is 20.3 Å². The first-order valence-corrected chi connectivity index (χ1v) is 7.03. The van der Waals surface area contributed by atoms with Gasteiger partial charge in [-0.3, -0.25) is 0 Å². The molecule has 8 nitrogen and oxygen atoms in total. The van der Waals surface area contributed by atoms with Crippen LogP contribution in [0.15, 0.2) is 4.63 Å². The van der Waals surface area contributed by atoms with Crippen molar-refractivity contribution in [2.75, 3.05) is 30.9 Å². The Morgan fingerprint density at radius 3 is 2.57 bits per heavy atom. The van der Waals surface area contributed by atoms with Gasteiger partial charge in [0.1, 0.15) is 0 Å². The maximum atomic E-state index is 5.74. The van der Waals surface area contributed by atoms with Gasteiger partial charge in [0.2, 0.25) is 11.3 Å². The second-order valence-corrected chi connectivity index (χ2v) is 6.14. The Balaban J connectivity index is 1.89. The highest BCUT2D eigenvalue weighted by Gasteiger charge is 2.29. The molecule has 1 atom stereocenters. The summed E-state index contributed by atoms with van der Waals surface area (Å²) < 4.78 is 10.4. The largest absolute Gasteiger partial charge is 0.375 e. The van der Waals surface area contributed by atoms with Crippen LogP contribution in [-0.4, -0.2) is 52.6 Å². The predicted molar refractivity (Wildman–Crippen MR) is 78.4 cm³/mol. The summed E-state index contributed by atoms with van der Waals surface area (Å²) in [7, 11) is 3.84. The van der Waals surface area contributed by atoms with Gasteiger partial charge in [-0.05, 0) is 37.0 Å². The molecule has 0 aliphatic carbocycles. The zero-order valence-electron chi connectivity index (χ0n) is 12.8. The van der Waals surface area contributed by atoms with Crippen LogP contribution in [0.1, 0.15) is 26.7 Å². The molecule has 1 fully saturated rings. The quantitative estimate of drug-likeness (QED) is 0.909. The average Bonchev–Trinajstić information content (AvgIpc) is 2.83. The third-order valence-corrected chi connectivity index (χ3v) is 3.56. The van der Waals surface area contributed by atoms with Crippen molar-refractivity contribution in [3.63, 3.8) is 0 Å². The minimum absolute atomic E-state index is 0.124. The van der Waals surface area contributed by atoms with Crippen molar-refractivity contribution >= 4 is 22.9 Å². The van der Waals surface area contributed by atoms with E-state index in [4.69, 9.17) is 4.74 Å². The van der Waals surface area contributed by atoms with Crippen LogP contribution < -0.4 is 10.2 Å². The van der Waals surface area contributed by atoms with E-state index in [1.807, 2.05) is 19.0 Å². The lowest BCUT2D eigenvalue weighted by Gasteiger charge is -2.36. The van der Waals surface area contributed by atoms with E-state index in [1.54, 1.807) is 0 Å². The molecule has 2 aromatic rings. The average molecular weight is 292 g/mol. The van der Waals surface area contributed by atoms with Crippen molar-refractivity contribution in [3.8, 4) is 0 Å². The summed E-state index contributed by atoms with van der Waals surface area (Å²) in [5.41, 5.74) is 0.701. The van der Waals surface area contributed by atoms with E-state index < -0.39 is 0 Å². The Kier molecular flexibility index (Phi) is 3.40. The van der Waals surface area contributed by atoms with Crippen molar-refractivity contribution < 1.29 is 9.37 Å². The predicted octanol–water partition coefficient (Wildman–Crippen LogP) is 1.45. The van der Waals surface area contributed by atoms with Crippen LogP contribution in [-0.2, 0) is 4.74 Å². The first-order chi connectivity index (χ1) is 9.94. The number of aromatic nitrogens is 4. The highest BCUT2D eigenvalue weighted by Crippen LogP contribution is 2.29. The van der Waals surface area contributed by atoms with Crippen molar-refractivity contribution in [2.45, 2.75) is 38.3 Å². The van der Waals surface area contributed by atoms with Crippen molar-refractivity contribution in [1.29, 1.82) is 0 Å². The Hall–Kier alpha value is -1.96. The van der Waals surface area contributed by atoms with Crippen LogP contribution in [0.5, 0.6) is 0 Å². The van der Waals surface area contributed by atoms with E-state index >= 15 is 0 Å². The lowest BCUT2D eigenvalue weighted by molar-refractivity contribution is -0.0553. The molecule has 0 saturated carbocycles. The molecule has 0 amide bonds. The van der Waals surface area contributed by atoms with Crippen LogP contribution >= 0.6 is 0 Å². The summed E-state index contributed by atoms with van der Waals surface area (Å²) in [6, 6.07) is 0.291. The number of nitrogens with zero attached hydrogens (tertiary/aromatic N) is 5.